The highest BCUT2D eigenvalue weighted by Gasteiger charge is 2.14. The number of rotatable bonds is 6. The van der Waals surface area contributed by atoms with Crippen molar-refractivity contribution in [3.05, 3.63) is 59.9 Å². The quantitative estimate of drug-likeness (QED) is 0.747. The third-order valence-electron chi connectivity index (χ3n) is 4.34. The van der Waals surface area contributed by atoms with Gasteiger partial charge in [-0.2, -0.15) is 0 Å². The van der Waals surface area contributed by atoms with Gasteiger partial charge in [-0.3, -0.25) is 4.79 Å². The molecule has 0 bridgehead atoms. The van der Waals surface area contributed by atoms with Gasteiger partial charge in [-0.1, -0.05) is 29.8 Å². The summed E-state index contributed by atoms with van der Waals surface area (Å²) in [7, 11) is 1.65. The van der Waals surface area contributed by atoms with Crippen LogP contribution in [0.2, 0.25) is 0 Å². The monoisotopic (exact) mass is 337 g/mol. The van der Waals surface area contributed by atoms with Crippen LogP contribution in [0, 0.1) is 6.92 Å². The molecule has 0 aliphatic rings. The minimum absolute atomic E-state index is 0.00819. The highest BCUT2D eigenvalue weighted by molar-refractivity contribution is 5.78. The molecule has 0 radical (unpaired) electrons. The third kappa shape index (κ3) is 3.82. The Hall–Kier alpha value is -2.82. The maximum Gasteiger partial charge on any atom is 0.222 e. The lowest BCUT2D eigenvalue weighted by Crippen LogP contribution is -2.27. The average Bonchev–Trinajstić information content (AvgIpc) is 3.03. The SMILES string of the molecule is COc1ccc(C)cc1C(C)NC(=O)CCn1cnc2ccccc21. The summed E-state index contributed by atoms with van der Waals surface area (Å²) >= 11 is 0. The summed E-state index contributed by atoms with van der Waals surface area (Å²) in [6, 6.07) is 13.8. The molecule has 2 aromatic carbocycles. The predicted molar refractivity (Wildman–Crippen MR) is 98.6 cm³/mol. The van der Waals surface area contributed by atoms with E-state index in [2.05, 4.69) is 10.3 Å². The molecule has 25 heavy (non-hydrogen) atoms. The third-order valence-corrected chi connectivity index (χ3v) is 4.34. The first-order chi connectivity index (χ1) is 12.1. The van der Waals surface area contributed by atoms with Crippen LogP contribution >= 0.6 is 0 Å². The van der Waals surface area contributed by atoms with Crippen molar-refractivity contribution in [1.82, 2.24) is 14.9 Å². The summed E-state index contributed by atoms with van der Waals surface area (Å²) in [4.78, 5) is 16.7. The molecule has 0 aliphatic carbocycles. The first-order valence-corrected chi connectivity index (χ1v) is 8.42. The Morgan fingerprint density at radius 2 is 2.08 bits per heavy atom. The molecule has 1 N–H and O–H groups in total. The van der Waals surface area contributed by atoms with Gasteiger partial charge in [-0.05, 0) is 32.0 Å². The lowest BCUT2D eigenvalue weighted by atomic mass is 10.0. The normalized spacial score (nSPS) is 12.1. The fourth-order valence-electron chi connectivity index (χ4n) is 2.99. The van der Waals surface area contributed by atoms with Gasteiger partial charge in [0.1, 0.15) is 5.75 Å². The number of para-hydroxylation sites is 2. The van der Waals surface area contributed by atoms with Gasteiger partial charge in [0, 0.05) is 18.5 Å². The molecular formula is C20H23N3O2. The van der Waals surface area contributed by atoms with Gasteiger partial charge in [-0.15, -0.1) is 0 Å². The van der Waals surface area contributed by atoms with Crippen LogP contribution in [-0.4, -0.2) is 22.6 Å². The fraction of sp³-hybridized carbons (Fsp3) is 0.300. The van der Waals surface area contributed by atoms with Gasteiger partial charge in [0.25, 0.3) is 0 Å². The van der Waals surface area contributed by atoms with Crippen LogP contribution < -0.4 is 10.1 Å². The van der Waals surface area contributed by atoms with Gasteiger partial charge < -0.3 is 14.6 Å². The van der Waals surface area contributed by atoms with Crippen LogP contribution in [0.4, 0.5) is 0 Å². The summed E-state index contributed by atoms with van der Waals surface area (Å²) in [5, 5.41) is 3.06. The topological polar surface area (TPSA) is 56.1 Å². The number of imidazole rings is 1. The largest absolute Gasteiger partial charge is 0.496 e. The van der Waals surface area contributed by atoms with Crippen molar-refractivity contribution < 1.29 is 9.53 Å². The molecule has 0 saturated carbocycles. The maximum absolute atomic E-state index is 12.4. The van der Waals surface area contributed by atoms with Gasteiger partial charge in [0.05, 0.1) is 30.5 Å². The molecule has 1 amide bonds. The zero-order valence-electron chi connectivity index (χ0n) is 14.8. The number of carbonyl (C=O) groups is 1. The van der Waals surface area contributed by atoms with Crippen molar-refractivity contribution >= 4 is 16.9 Å². The first-order valence-electron chi connectivity index (χ1n) is 8.42. The molecule has 1 unspecified atom stereocenters. The molecule has 1 aromatic heterocycles. The van der Waals surface area contributed by atoms with E-state index in [9.17, 15) is 4.79 Å². The van der Waals surface area contributed by atoms with Crippen LogP contribution in [0.1, 0.15) is 30.5 Å². The Bertz CT molecular complexity index is 886. The fourth-order valence-corrected chi connectivity index (χ4v) is 2.99. The molecular weight excluding hydrogens is 314 g/mol. The van der Waals surface area contributed by atoms with Crippen LogP contribution in [0.25, 0.3) is 11.0 Å². The number of fused-ring (bicyclic) bond motifs is 1. The first kappa shape index (κ1) is 17.0. The van der Waals surface area contributed by atoms with Gasteiger partial charge in [0.2, 0.25) is 5.91 Å². The molecule has 0 saturated heterocycles. The van der Waals surface area contributed by atoms with E-state index < -0.39 is 0 Å². The predicted octanol–water partition coefficient (Wildman–Crippen LogP) is 3.62. The van der Waals surface area contributed by atoms with E-state index in [1.54, 1.807) is 13.4 Å². The number of amides is 1. The summed E-state index contributed by atoms with van der Waals surface area (Å²) < 4.78 is 7.41. The zero-order valence-corrected chi connectivity index (χ0v) is 14.8. The maximum atomic E-state index is 12.4. The Morgan fingerprint density at radius 1 is 1.28 bits per heavy atom. The molecule has 5 nitrogen and oxygen atoms in total. The Labute approximate surface area is 147 Å². The highest BCUT2D eigenvalue weighted by Crippen LogP contribution is 2.26. The Kier molecular flexibility index (Phi) is 5.03. The number of carbonyl (C=O) groups excluding carboxylic acids is 1. The lowest BCUT2D eigenvalue weighted by Gasteiger charge is -2.18. The average molecular weight is 337 g/mol. The number of ether oxygens (including phenoxy) is 1. The second kappa shape index (κ2) is 7.38. The van der Waals surface area contributed by atoms with E-state index in [4.69, 9.17) is 4.74 Å². The minimum Gasteiger partial charge on any atom is -0.496 e. The van der Waals surface area contributed by atoms with Crippen molar-refractivity contribution in [3.8, 4) is 5.75 Å². The van der Waals surface area contributed by atoms with Crippen LogP contribution in [-0.2, 0) is 11.3 Å². The van der Waals surface area contributed by atoms with Crippen molar-refractivity contribution in [2.45, 2.75) is 32.9 Å². The van der Waals surface area contributed by atoms with E-state index in [1.165, 1.54) is 0 Å². The minimum atomic E-state index is -0.109. The number of aromatic nitrogens is 2. The molecule has 0 fully saturated rings. The van der Waals surface area contributed by atoms with Gasteiger partial charge in [0.15, 0.2) is 0 Å². The number of aryl methyl sites for hydroxylation is 2. The number of benzene rings is 2. The Balaban J connectivity index is 1.63. The second-order valence-corrected chi connectivity index (χ2v) is 6.21. The zero-order chi connectivity index (χ0) is 17.8. The van der Waals surface area contributed by atoms with E-state index in [0.29, 0.717) is 13.0 Å². The van der Waals surface area contributed by atoms with Crippen molar-refractivity contribution in [2.75, 3.05) is 7.11 Å². The number of nitrogens with zero attached hydrogens (tertiary/aromatic N) is 2. The standard InChI is InChI=1S/C20H23N3O2/c1-14-8-9-19(25-3)16(12-14)15(2)22-20(24)10-11-23-13-21-17-6-4-5-7-18(17)23/h4-9,12-13,15H,10-11H2,1-3H3,(H,22,24). The van der Waals surface area contributed by atoms with Crippen LogP contribution in [0.3, 0.4) is 0 Å². The number of nitrogens with one attached hydrogen (secondary N) is 1. The number of hydrogen-bond acceptors (Lipinski definition) is 3. The van der Waals surface area contributed by atoms with E-state index in [-0.39, 0.29) is 11.9 Å². The molecule has 0 aliphatic heterocycles. The van der Waals surface area contributed by atoms with Gasteiger partial charge >= 0.3 is 0 Å². The van der Waals surface area contributed by atoms with E-state index >= 15 is 0 Å². The highest BCUT2D eigenvalue weighted by atomic mass is 16.5. The molecule has 3 aromatic rings. The van der Waals surface area contributed by atoms with E-state index in [0.717, 1.165) is 27.9 Å². The van der Waals surface area contributed by atoms with Crippen LogP contribution in [0.15, 0.2) is 48.8 Å². The van der Waals surface area contributed by atoms with Crippen molar-refractivity contribution in [2.24, 2.45) is 0 Å². The molecule has 130 valence electrons. The van der Waals surface area contributed by atoms with Crippen molar-refractivity contribution in [1.29, 1.82) is 0 Å². The van der Waals surface area contributed by atoms with E-state index in [1.807, 2.05) is 60.9 Å². The molecule has 1 heterocycles. The smallest absolute Gasteiger partial charge is 0.222 e. The molecule has 0 spiro atoms. The number of hydrogen-bond donors (Lipinski definition) is 1. The number of methoxy groups -OCH3 is 1. The van der Waals surface area contributed by atoms with Gasteiger partial charge in [-0.25, -0.2) is 4.98 Å². The summed E-state index contributed by atoms with van der Waals surface area (Å²) in [6.45, 7) is 4.60. The lowest BCUT2D eigenvalue weighted by molar-refractivity contribution is -0.121. The summed E-state index contributed by atoms with van der Waals surface area (Å²) in [5.74, 6) is 0.799. The van der Waals surface area contributed by atoms with Crippen LogP contribution in [0.5, 0.6) is 5.75 Å². The molecule has 5 heteroatoms. The Morgan fingerprint density at radius 3 is 2.88 bits per heavy atom. The summed E-state index contributed by atoms with van der Waals surface area (Å²) in [5.41, 5.74) is 4.12. The van der Waals surface area contributed by atoms with Crippen molar-refractivity contribution in [3.63, 3.8) is 0 Å². The molecule has 3 rings (SSSR count). The molecule has 1 atom stereocenters. The summed E-state index contributed by atoms with van der Waals surface area (Å²) in [6.07, 6.45) is 2.18. The second-order valence-electron chi connectivity index (χ2n) is 6.21.